The number of aryl methyl sites for hydroxylation is 1. The van der Waals surface area contributed by atoms with E-state index in [4.69, 9.17) is 16.0 Å². The van der Waals surface area contributed by atoms with Crippen molar-refractivity contribution in [2.45, 2.75) is 36.6 Å². The highest BCUT2D eigenvalue weighted by Gasteiger charge is 2.19. The number of amides is 1. The van der Waals surface area contributed by atoms with Crippen LogP contribution in [0.25, 0.3) is 0 Å². The number of nitrogens with one attached hydrogen (secondary N) is 2. The van der Waals surface area contributed by atoms with Gasteiger partial charge in [-0.1, -0.05) is 48.1 Å². The minimum absolute atomic E-state index is 0.0666. The van der Waals surface area contributed by atoms with Crippen LogP contribution in [-0.4, -0.2) is 38.0 Å². The number of piperidine rings is 1. The van der Waals surface area contributed by atoms with E-state index in [1.807, 2.05) is 19.2 Å². The Morgan fingerprint density at radius 3 is 2.40 bits per heavy atom. The van der Waals surface area contributed by atoms with E-state index in [2.05, 4.69) is 34.9 Å². The zero-order valence-electron chi connectivity index (χ0n) is 19.6. The van der Waals surface area contributed by atoms with Crippen LogP contribution in [0.1, 0.15) is 29.9 Å². The molecule has 0 bridgehead atoms. The van der Waals surface area contributed by atoms with E-state index in [0.29, 0.717) is 11.5 Å². The van der Waals surface area contributed by atoms with Crippen molar-refractivity contribution in [3.63, 3.8) is 0 Å². The van der Waals surface area contributed by atoms with E-state index in [1.165, 1.54) is 30.5 Å². The molecule has 2 unspecified atom stereocenters. The first-order valence-electron chi connectivity index (χ1n) is 11.4. The molecule has 1 aliphatic carbocycles. The van der Waals surface area contributed by atoms with Gasteiger partial charge in [-0.3, -0.25) is 9.35 Å². The van der Waals surface area contributed by atoms with Crippen LogP contribution in [0.3, 0.4) is 0 Å². The van der Waals surface area contributed by atoms with Crippen LogP contribution >= 0.6 is 0 Å². The predicted octanol–water partition coefficient (Wildman–Crippen LogP) is 3.00. The molecule has 186 valence electrons. The number of benzene rings is 2. The van der Waals surface area contributed by atoms with Crippen LogP contribution in [0, 0.1) is 6.92 Å². The molecule has 1 heterocycles. The average molecular weight is 497 g/mol. The molecule has 2 aliphatic rings. The van der Waals surface area contributed by atoms with Gasteiger partial charge < -0.3 is 22.1 Å². The summed E-state index contributed by atoms with van der Waals surface area (Å²) in [5.41, 5.74) is 16.0. The van der Waals surface area contributed by atoms with E-state index in [1.54, 1.807) is 24.3 Å². The van der Waals surface area contributed by atoms with Gasteiger partial charge in [-0.05, 0) is 67.6 Å². The smallest absolute Gasteiger partial charge is 0.294 e. The Morgan fingerprint density at radius 1 is 1.14 bits per heavy atom. The van der Waals surface area contributed by atoms with Crippen molar-refractivity contribution in [2.24, 2.45) is 11.5 Å². The van der Waals surface area contributed by atoms with Gasteiger partial charge in [0.05, 0.1) is 10.9 Å². The maximum atomic E-state index is 11.4. The average Bonchev–Trinajstić information content (AvgIpc) is 2.84. The summed E-state index contributed by atoms with van der Waals surface area (Å²) in [6.07, 6.45) is 9.64. The monoisotopic (exact) mass is 496 g/mol. The fourth-order valence-electron chi connectivity index (χ4n) is 3.89. The lowest BCUT2D eigenvalue weighted by Crippen LogP contribution is -2.33. The van der Waals surface area contributed by atoms with Crippen molar-refractivity contribution in [3.05, 3.63) is 95.2 Å². The van der Waals surface area contributed by atoms with Gasteiger partial charge in [0.15, 0.2) is 0 Å². The fraction of sp³-hybridized carbons (Fsp3) is 0.269. The Morgan fingerprint density at radius 2 is 1.83 bits per heavy atom. The maximum Gasteiger partial charge on any atom is 0.294 e. The van der Waals surface area contributed by atoms with E-state index in [9.17, 15) is 13.2 Å². The summed E-state index contributed by atoms with van der Waals surface area (Å²) >= 11 is 0. The molecule has 35 heavy (non-hydrogen) atoms. The molecule has 2 aromatic carbocycles. The van der Waals surface area contributed by atoms with Gasteiger partial charge in [-0.15, -0.1) is 0 Å². The summed E-state index contributed by atoms with van der Waals surface area (Å²) < 4.78 is 29.6. The summed E-state index contributed by atoms with van der Waals surface area (Å²) in [7, 11) is -4.02. The maximum absolute atomic E-state index is 11.4. The van der Waals surface area contributed by atoms with Crippen molar-refractivity contribution >= 4 is 21.7 Å². The van der Waals surface area contributed by atoms with Gasteiger partial charge >= 0.3 is 0 Å². The van der Waals surface area contributed by atoms with E-state index in [-0.39, 0.29) is 4.90 Å². The second kappa shape index (κ2) is 11.9. The standard InChI is InChI=1S/C19H24N4O.C7H8O3S/c20-18-15(3-1-5-17(18)19(21)24)12-23-16-8-6-13(7-9-16)14-4-2-10-22-11-14;1-6-2-4-7(5-3-6)11(8,9)10/h1,3,5-9,12,14,18,22-23H,2,4,10-11,20H2,(H2,21,24);2-5H,1H3,(H,8,9,10)/b15-12-;. The Bertz CT molecular complexity index is 1210. The molecular weight excluding hydrogens is 464 g/mol. The topological polar surface area (TPSA) is 148 Å². The summed E-state index contributed by atoms with van der Waals surface area (Å²) in [5.74, 6) is 0.118. The van der Waals surface area contributed by atoms with E-state index < -0.39 is 22.1 Å². The number of rotatable bonds is 5. The van der Waals surface area contributed by atoms with Crippen LogP contribution in [0.2, 0.25) is 0 Å². The molecule has 1 amide bonds. The molecular formula is C26H32N4O4S. The summed E-state index contributed by atoms with van der Waals surface area (Å²) in [4.78, 5) is 11.3. The third-order valence-electron chi connectivity index (χ3n) is 5.95. The van der Waals surface area contributed by atoms with Gasteiger partial charge in [0.1, 0.15) is 0 Å². The lowest BCUT2D eigenvalue weighted by Gasteiger charge is -2.23. The number of nitrogens with two attached hydrogens (primary N) is 2. The quantitative estimate of drug-likeness (QED) is 0.400. The van der Waals surface area contributed by atoms with Crippen LogP contribution in [0.4, 0.5) is 5.69 Å². The molecule has 4 rings (SSSR count). The third kappa shape index (κ3) is 7.63. The van der Waals surface area contributed by atoms with Gasteiger partial charge in [0.25, 0.3) is 10.1 Å². The molecule has 1 fully saturated rings. The molecule has 0 spiro atoms. The molecule has 1 saturated heterocycles. The predicted molar refractivity (Wildman–Crippen MR) is 138 cm³/mol. The number of allylic oxidation sites excluding steroid dienone is 2. The Balaban J connectivity index is 0.000000261. The van der Waals surface area contributed by atoms with Gasteiger partial charge in [0.2, 0.25) is 5.91 Å². The molecule has 9 heteroatoms. The first kappa shape index (κ1) is 26.4. The highest BCUT2D eigenvalue weighted by Crippen LogP contribution is 2.25. The molecule has 1 aliphatic heterocycles. The van der Waals surface area contributed by atoms with E-state index in [0.717, 1.165) is 29.9 Å². The van der Waals surface area contributed by atoms with Crippen LogP contribution in [0.15, 0.2) is 89.0 Å². The van der Waals surface area contributed by atoms with Gasteiger partial charge in [-0.25, -0.2) is 0 Å². The minimum Gasteiger partial charge on any atom is -0.366 e. The zero-order chi connectivity index (χ0) is 25.4. The van der Waals surface area contributed by atoms with Crippen molar-refractivity contribution < 1.29 is 17.8 Å². The molecule has 0 radical (unpaired) electrons. The third-order valence-corrected chi connectivity index (χ3v) is 6.81. The van der Waals surface area contributed by atoms with Crippen LogP contribution in [-0.2, 0) is 14.9 Å². The van der Waals surface area contributed by atoms with Gasteiger partial charge in [-0.2, -0.15) is 8.42 Å². The number of carbonyl (C=O) groups is 1. The zero-order valence-corrected chi connectivity index (χ0v) is 20.5. The second-order valence-electron chi connectivity index (χ2n) is 8.57. The highest BCUT2D eigenvalue weighted by molar-refractivity contribution is 7.85. The molecule has 8 nitrogen and oxygen atoms in total. The number of hydrogen-bond donors (Lipinski definition) is 5. The Hall–Kier alpha value is -3.24. The lowest BCUT2D eigenvalue weighted by molar-refractivity contribution is -0.114. The van der Waals surface area contributed by atoms with Crippen LogP contribution < -0.4 is 22.1 Å². The summed E-state index contributed by atoms with van der Waals surface area (Å²) in [6, 6.07) is 14.0. The fourth-order valence-corrected chi connectivity index (χ4v) is 4.37. The molecule has 7 N–H and O–H groups in total. The second-order valence-corrected chi connectivity index (χ2v) is 9.99. The van der Waals surface area contributed by atoms with Crippen molar-refractivity contribution in [1.82, 2.24) is 5.32 Å². The molecule has 0 aromatic heterocycles. The molecule has 0 saturated carbocycles. The van der Waals surface area contributed by atoms with E-state index >= 15 is 0 Å². The summed E-state index contributed by atoms with van der Waals surface area (Å²) in [6.45, 7) is 4.02. The lowest BCUT2D eigenvalue weighted by atomic mass is 9.91. The largest absolute Gasteiger partial charge is 0.366 e. The van der Waals surface area contributed by atoms with Crippen LogP contribution in [0.5, 0.6) is 0 Å². The number of hydrogen-bond acceptors (Lipinski definition) is 6. The first-order chi connectivity index (χ1) is 16.6. The molecule has 2 atom stereocenters. The highest BCUT2D eigenvalue weighted by atomic mass is 32.2. The molecule has 2 aromatic rings. The SMILES string of the molecule is Cc1ccc(S(=O)(=O)O)cc1.NC(=O)C1=CC=C/C(=C/Nc2ccc(C3CCCNC3)cc2)C1N. The normalized spacial score (nSPS) is 21.0. The Kier molecular flexibility index (Phi) is 9.00. The van der Waals surface area contributed by atoms with Crippen molar-refractivity contribution in [2.75, 3.05) is 18.4 Å². The first-order valence-corrected chi connectivity index (χ1v) is 12.8. The number of carbonyl (C=O) groups excluding carboxylic acids is 1. The van der Waals surface area contributed by atoms with Crippen molar-refractivity contribution in [3.8, 4) is 0 Å². The summed E-state index contributed by atoms with van der Waals surface area (Å²) in [5, 5.41) is 6.69. The van der Waals surface area contributed by atoms with Crippen molar-refractivity contribution in [1.29, 1.82) is 0 Å². The van der Waals surface area contributed by atoms with Gasteiger partial charge in [0, 0.05) is 24.0 Å². The number of primary amides is 1. The number of anilines is 1. The minimum atomic E-state index is -4.02. The Labute approximate surface area is 206 Å².